The first-order chi connectivity index (χ1) is 6.93. The fourth-order valence-electron chi connectivity index (χ4n) is 1.40. The lowest BCUT2D eigenvalue weighted by Gasteiger charge is -1.99. The van der Waals surface area contributed by atoms with Crippen molar-refractivity contribution in [2.75, 3.05) is 0 Å². The van der Waals surface area contributed by atoms with Crippen molar-refractivity contribution >= 4 is 12.4 Å². The van der Waals surface area contributed by atoms with Crippen LogP contribution in [-0.2, 0) is 6.42 Å². The Bertz CT molecular complexity index is 206. The number of aryl methyl sites for hydroxylation is 1. The number of hydrogen-bond acceptors (Lipinski definition) is 0. The van der Waals surface area contributed by atoms with Gasteiger partial charge in [-0.2, -0.15) is 0 Å². The molecule has 0 aliphatic heterocycles. The van der Waals surface area contributed by atoms with Crippen LogP contribution in [-0.4, -0.2) is 0 Å². The summed E-state index contributed by atoms with van der Waals surface area (Å²) in [7, 11) is 0. The predicted molar refractivity (Wildman–Crippen MR) is 72.8 cm³/mol. The summed E-state index contributed by atoms with van der Waals surface area (Å²) >= 11 is 0. The molecule has 0 aromatic heterocycles. The van der Waals surface area contributed by atoms with Gasteiger partial charge in [0.05, 0.1) is 0 Å². The molecule has 0 saturated heterocycles. The maximum atomic E-state index is 3.00. The predicted octanol–water partition coefficient (Wildman–Crippen LogP) is 5.03. The summed E-state index contributed by atoms with van der Waals surface area (Å²) in [5.74, 6) is 0. The van der Waals surface area contributed by atoms with Crippen LogP contribution in [0.4, 0.5) is 0 Å². The van der Waals surface area contributed by atoms with Crippen LogP contribution in [0.1, 0.15) is 38.2 Å². The SMILES string of the molecule is C=C.CCCCCCc1ccccc1.Cl. The molecule has 0 fully saturated rings. The first kappa shape index (κ1) is 16.7. The Kier molecular flexibility index (Phi) is 14.7. The van der Waals surface area contributed by atoms with E-state index in [-0.39, 0.29) is 12.4 Å². The summed E-state index contributed by atoms with van der Waals surface area (Å²) in [6, 6.07) is 10.7. The minimum Gasteiger partial charge on any atom is -0.147 e. The van der Waals surface area contributed by atoms with E-state index in [1.165, 1.54) is 37.7 Å². The van der Waals surface area contributed by atoms with E-state index >= 15 is 0 Å². The fourth-order valence-corrected chi connectivity index (χ4v) is 1.40. The molecule has 1 heteroatoms. The summed E-state index contributed by atoms with van der Waals surface area (Å²) < 4.78 is 0. The molecule has 0 nitrogen and oxygen atoms in total. The first-order valence-corrected chi connectivity index (χ1v) is 5.47. The zero-order valence-corrected chi connectivity index (χ0v) is 10.6. The molecule has 0 saturated carbocycles. The van der Waals surface area contributed by atoms with Gasteiger partial charge in [0, 0.05) is 0 Å². The molecule has 0 N–H and O–H groups in total. The minimum atomic E-state index is 0. The van der Waals surface area contributed by atoms with Gasteiger partial charge in [-0.3, -0.25) is 0 Å². The number of benzene rings is 1. The van der Waals surface area contributed by atoms with Crippen molar-refractivity contribution in [1.29, 1.82) is 0 Å². The lowest BCUT2D eigenvalue weighted by Crippen LogP contribution is -1.84. The average molecular weight is 227 g/mol. The Morgan fingerprint density at radius 3 is 2.07 bits per heavy atom. The molecular formula is C14H23Cl. The van der Waals surface area contributed by atoms with E-state index in [0.29, 0.717) is 0 Å². The van der Waals surface area contributed by atoms with Gasteiger partial charge < -0.3 is 0 Å². The fraction of sp³-hybridized carbons (Fsp3) is 0.429. The van der Waals surface area contributed by atoms with Gasteiger partial charge in [-0.1, -0.05) is 56.5 Å². The topological polar surface area (TPSA) is 0 Å². The van der Waals surface area contributed by atoms with Gasteiger partial charge >= 0.3 is 0 Å². The van der Waals surface area contributed by atoms with Crippen LogP contribution in [0, 0.1) is 0 Å². The van der Waals surface area contributed by atoms with Crippen molar-refractivity contribution in [2.45, 2.75) is 39.0 Å². The standard InChI is InChI=1S/C12H18.C2H4.ClH/c1-2-3-4-6-9-12-10-7-5-8-11-12;1-2;/h5,7-8,10-11H,2-4,6,9H2,1H3;1-2H2;1H. The molecule has 0 atom stereocenters. The van der Waals surface area contributed by atoms with E-state index in [1.54, 1.807) is 0 Å². The van der Waals surface area contributed by atoms with Gasteiger partial charge in [0.1, 0.15) is 0 Å². The monoisotopic (exact) mass is 226 g/mol. The third-order valence-electron chi connectivity index (χ3n) is 2.16. The smallest absolute Gasteiger partial charge is 0.0279 e. The van der Waals surface area contributed by atoms with Crippen molar-refractivity contribution in [3.63, 3.8) is 0 Å². The average Bonchev–Trinajstić information content (AvgIpc) is 2.29. The van der Waals surface area contributed by atoms with E-state index in [1.807, 2.05) is 0 Å². The molecule has 0 aliphatic carbocycles. The number of halogens is 1. The molecule has 0 spiro atoms. The highest BCUT2D eigenvalue weighted by Crippen LogP contribution is 2.06. The van der Waals surface area contributed by atoms with Crippen LogP contribution in [0.3, 0.4) is 0 Å². The van der Waals surface area contributed by atoms with Crippen molar-refractivity contribution in [1.82, 2.24) is 0 Å². The lowest BCUT2D eigenvalue weighted by atomic mass is 10.1. The summed E-state index contributed by atoms with van der Waals surface area (Å²) in [6.07, 6.45) is 6.69. The molecule has 0 unspecified atom stereocenters. The Morgan fingerprint density at radius 2 is 1.53 bits per heavy atom. The van der Waals surface area contributed by atoms with Gasteiger partial charge in [-0.05, 0) is 18.4 Å². The van der Waals surface area contributed by atoms with Gasteiger partial charge in [0.25, 0.3) is 0 Å². The van der Waals surface area contributed by atoms with Gasteiger partial charge in [0.2, 0.25) is 0 Å². The molecule has 1 aromatic carbocycles. The van der Waals surface area contributed by atoms with Crippen molar-refractivity contribution in [2.24, 2.45) is 0 Å². The van der Waals surface area contributed by atoms with Crippen molar-refractivity contribution in [3.05, 3.63) is 49.1 Å². The third-order valence-corrected chi connectivity index (χ3v) is 2.16. The normalized spacial score (nSPS) is 8.33. The van der Waals surface area contributed by atoms with Crippen LogP contribution in [0.15, 0.2) is 43.5 Å². The van der Waals surface area contributed by atoms with Crippen LogP contribution < -0.4 is 0 Å². The molecule has 1 aromatic rings. The third kappa shape index (κ3) is 9.55. The van der Waals surface area contributed by atoms with Gasteiger partial charge in [-0.15, -0.1) is 25.6 Å². The Morgan fingerprint density at radius 1 is 0.933 bits per heavy atom. The highest BCUT2D eigenvalue weighted by atomic mass is 35.5. The molecule has 0 radical (unpaired) electrons. The van der Waals surface area contributed by atoms with E-state index in [2.05, 4.69) is 50.4 Å². The Labute approximate surface area is 101 Å². The molecule has 0 amide bonds. The molecule has 0 aliphatic rings. The largest absolute Gasteiger partial charge is 0.147 e. The molecule has 0 heterocycles. The second-order valence-corrected chi connectivity index (χ2v) is 3.30. The van der Waals surface area contributed by atoms with E-state index in [9.17, 15) is 0 Å². The zero-order valence-electron chi connectivity index (χ0n) is 9.74. The van der Waals surface area contributed by atoms with Crippen molar-refractivity contribution in [3.8, 4) is 0 Å². The van der Waals surface area contributed by atoms with Crippen LogP contribution in [0.2, 0.25) is 0 Å². The maximum Gasteiger partial charge on any atom is -0.0279 e. The van der Waals surface area contributed by atoms with Gasteiger partial charge in [0.15, 0.2) is 0 Å². The van der Waals surface area contributed by atoms with Crippen molar-refractivity contribution < 1.29 is 0 Å². The highest BCUT2D eigenvalue weighted by molar-refractivity contribution is 5.85. The second-order valence-electron chi connectivity index (χ2n) is 3.30. The van der Waals surface area contributed by atoms with E-state index in [0.717, 1.165) is 0 Å². The molecule has 86 valence electrons. The first-order valence-electron chi connectivity index (χ1n) is 5.47. The van der Waals surface area contributed by atoms with Crippen LogP contribution in [0.5, 0.6) is 0 Å². The number of rotatable bonds is 5. The second kappa shape index (κ2) is 13.2. The van der Waals surface area contributed by atoms with E-state index < -0.39 is 0 Å². The molecular weight excluding hydrogens is 204 g/mol. The summed E-state index contributed by atoms with van der Waals surface area (Å²) in [6.45, 7) is 8.25. The minimum absolute atomic E-state index is 0. The molecule has 1 rings (SSSR count). The highest BCUT2D eigenvalue weighted by Gasteiger charge is 1.90. The molecule has 15 heavy (non-hydrogen) atoms. The molecule has 0 bridgehead atoms. The Hall–Kier alpha value is -0.750. The number of unbranched alkanes of at least 4 members (excludes halogenated alkanes) is 3. The quantitative estimate of drug-likeness (QED) is 0.488. The van der Waals surface area contributed by atoms with Crippen LogP contribution >= 0.6 is 12.4 Å². The lowest BCUT2D eigenvalue weighted by molar-refractivity contribution is 0.667. The summed E-state index contributed by atoms with van der Waals surface area (Å²) in [5, 5.41) is 0. The van der Waals surface area contributed by atoms with Gasteiger partial charge in [-0.25, -0.2) is 0 Å². The van der Waals surface area contributed by atoms with Crippen LogP contribution in [0.25, 0.3) is 0 Å². The maximum absolute atomic E-state index is 3.00. The van der Waals surface area contributed by atoms with E-state index in [4.69, 9.17) is 0 Å². The summed E-state index contributed by atoms with van der Waals surface area (Å²) in [5.41, 5.74) is 1.48. The number of hydrogen-bond donors (Lipinski definition) is 0. The summed E-state index contributed by atoms with van der Waals surface area (Å²) in [4.78, 5) is 0. The Balaban J connectivity index is 0. The zero-order chi connectivity index (χ0) is 10.6.